The first kappa shape index (κ1) is 16.8. The van der Waals surface area contributed by atoms with Gasteiger partial charge in [-0.15, -0.1) is 0 Å². The summed E-state index contributed by atoms with van der Waals surface area (Å²) in [7, 11) is -0.429. The fraction of sp³-hybridized carbons (Fsp3) is 0.333. The minimum atomic E-state index is -3.59. The predicted molar refractivity (Wildman–Crippen MR) is 91.8 cm³/mol. The second kappa shape index (κ2) is 6.83. The van der Waals surface area contributed by atoms with Crippen LogP contribution in [0, 0.1) is 5.92 Å². The van der Waals surface area contributed by atoms with Crippen LogP contribution in [-0.2, 0) is 10.0 Å². The molecule has 0 heterocycles. The first-order chi connectivity index (χ1) is 11.5. The Morgan fingerprint density at radius 3 is 1.88 bits per heavy atom. The van der Waals surface area contributed by atoms with Gasteiger partial charge in [0.25, 0.3) is 0 Å². The molecule has 5 nitrogen and oxygen atoms in total. The maximum atomic E-state index is 12.7. The topological polar surface area (TPSA) is 64.6 Å². The minimum absolute atomic E-state index is 0.219. The van der Waals surface area contributed by atoms with Gasteiger partial charge in [0.1, 0.15) is 11.5 Å². The maximum Gasteiger partial charge on any atom is 0.241 e. The summed E-state index contributed by atoms with van der Waals surface area (Å²) < 4.78 is 38.5. The van der Waals surface area contributed by atoms with Gasteiger partial charge in [0.2, 0.25) is 10.0 Å². The number of benzene rings is 2. The van der Waals surface area contributed by atoms with Gasteiger partial charge >= 0.3 is 0 Å². The molecule has 1 fully saturated rings. The van der Waals surface area contributed by atoms with E-state index in [4.69, 9.17) is 9.47 Å². The number of methoxy groups -OCH3 is 2. The molecule has 1 aliphatic rings. The molecule has 1 N–H and O–H groups in total. The normalized spacial score (nSPS) is 15.8. The monoisotopic (exact) mass is 347 g/mol. The van der Waals surface area contributed by atoms with Crippen LogP contribution >= 0.6 is 0 Å². The third kappa shape index (κ3) is 3.71. The van der Waals surface area contributed by atoms with E-state index in [1.165, 1.54) is 0 Å². The van der Waals surface area contributed by atoms with Crippen LogP contribution in [0.1, 0.15) is 24.4 Å². The van der Waals surface area contributed by atoms with Crippen LogP contribution in [0.25, 0.3) is 0 Å². The molecule has 1 atom stereocenters. The lowest BCUT2D eigenvalue weighted by Crippen LogP contribution is -2.30. The van der Waals surface area contributed by atoms with E-state index in [0.29, 0.717) is 11.7 Å². The Kier molecular flexibility index (Phi) is 4.78. The Bertz CT molecular complexity index is 781. The van der Waals surface area contributed by atoms with Crippen LogP contribution in [0.3, 0.4) is 0 Å². The highest BCUT2D eigenvalue weighted by Crippen LogP contribution is 2.42. The number of rotatable bonds is 7. The van der Waals surface area contributed by atoms with Gasteiger partial charge in [0.15, 0.2) is 0 Å². The van der Waals surface area contributed by atoms with Crippen molar-refractivity contribution in [1.29, 1.82) is 0 Å². The number of sulfonamides is 1. The zero-order valence-corrected chi connectivity index (χ0v) is 14.5. The summed E-state index contributed by atoms with van der Waals surface area (Å²) in [4.78, 5) is 0.238. The molecule has 6 heteroatoms. The van der Waals surface area contributed by atoms with Gasteiger partial charge in [-0.05, 0) is 60.7 Å². The van der Waals surface area contributed by atoms with Crippen molar-refractivity contribution < 1.29 is 17.9 Å². The standard InChI is InChI=1S/C18H21NO4S/c1-22-15-7-5-14(6-8-15)18(13-3-4-13)19-24(20,21)17-11-9-16(23-2)10-12-17/h5-13,18-19H,3-4H2,1-2H3. The summed E-state index contributed by atoms with van der Waals surface area (Å²) in [5.41, 5.74) is 0.954. The lowest BCUT2D eigenvalue weighted by atomic mass is 10.0. The van der Waals surface area contributed by atoms with Crippen LogP contribution in [0.4, 0.5) is 0 Å². The largest absolute Gasteiger partial charge is 0.497 e. The summed E-state index contributed by atoms with van der Waals surface area (Å²) in [5.74, 6) is 1.72. The molecule has 0 radical (unpaired) electrons. The highest BCUT2D eigenvalue weighted by atomic mass is 32.2. The average molecular weight is 347 g/mol. The quantitative estimate of drug-likeness (QED) is 0.836. The Morgan fingerprint density at radius 1 is 0.917 bits per heavy atom. The van der Waals surface area contributed by atoms with E-state index >= 15 is 0 Å². The first-order valence-electron chi connectivity index (χ1n) is 7.84. The van der Waals surface area contributed by atoms with Gasteiger partial charge in [0, 0.05) is 6.04 Å². The molecule has 2 aromatic carbocycles. The minimum Gasteiger partial charge on any atom is -0.497 e. The fourth-order valence-electron chi connectivity index (χ4n) is 2.67. The molecule has 0 aromatic heterocycles. The average Bonchev–Trinajstić information content (AvgIpc) is 3.45. The molecule has 24 heavy (non-hydrogen) atoms. The zero-order chi connectivity index (χ0) is 17.2. The van der Waals surface area contributed by atoms with E-state index in [2.05, 4.69) is 4.72 Å². The van der Waals surface area contributed by atoms with Crippen molar-refractivity contribution in [1.82, 2.24) is 4.72 Å². The van der Waals surface area contributed by atoms with E-state index in [1.54, 1.807) is 38.5 Å². The Balaban J connectivity index is 1.83. The molecule has 1 aliphatic carbocycles. The number of hydrogen-bond donors (Lipinski definition) is 1. The van der Waals surface area contributed by atoms with E-state index in [0.717, 1.165) is 24.2 Å². The van der Waals surface area contributed by atoms with Gasteiger partial charge in [-0.2, -0.15) is 0 Å². The first-order valence-corrected chi connectivity index (χ1v) is 9.32. The van der Waals surface area contributed by atoms with E-state index in [1.807, 2.05) is 24.3 Å². The second-order valence-electron chi connectivity index (χ2n) is 5.89. The number of hydrogen-bond acceptors (Lipinski definition) is 4. The number of ether oxygens (including phenoxy) is 2. The highest BCUT2D eigenvalue weighted by Gasteiger charge is 2.35. The van der Waals surface area contributed by atoms with Crippen molar-refractivity contribution in [3.8, 4) is 11.5 Å². The Morgan fingerprint density at radius 2 is 1.42 bits per heavy atom. The maximum absolute atomic E-state index is 12.7. The Hall–Kier alpha value is -2.05. The predicted octanol–water partition coefficient (Wildman–Crippen LogP) is 3.13. The SMILES string of the molecule is COc1ccc(C(NS(=O)(=O)c2ccc(OC)cc2)C2CC2)cc1. The molecule has 0 spiro atoms. The molecule has 1 unspecified atom stereocenters. The zero-order valence-electron chi connectivity index (χ0n) is 13.7. The van der Waals surface area contributed by atoms with Crippen molar-refractivity contribution in [2.24, 2.45) is 5.92 Å². The van der Waals surface area contributed by atoms with Crippen molar-refractivity contribution in [2.75, 3.05) is 14.2 Å². The molecule has 0 amide bonds. The van der Waals surface area contributed by atoms with E-state index in [-0.39, 0.29) is 10.9 Å². The molecule has 1 saturated carbocycles. The highest BCUT2D eigenvalue weighted by molar-refractivity contribution is 7.89. The van der Waals surface area contributed by atoms with E-state index < -0.39 is 10.0 Å². The smallest absolute Gasteiger partial charge is 0.241 e. The molecular formula is C18H21NO4S. The molecular weight excluding hydrogens is 326 g/mol. The van der Waals surface area contributed by atoms with Gasteiger partial charge in [-0.25, -0.2) is 13.1 Å². The van der Waals surface area contributed by atoms with Gasteiger partial charge in [0.05, 0.1) is 19.1 Å². The number of nitrogens with one attached hydrogen (secondary N) is 1. The van der Waals surface area contributed by atoms with Crippen LogP contribution in [0.5, 0.6) is 11.5 Å². The third-order valence-corrected chi connectivity index (χ3v) is 5.68. The van der Waals surface area contributed by atoms with Crippen LogP contribution in [0.2, 0.25) is 0 Å². The van der Waals surface area contributed by atoms with Crippen molar-refractivity contribution in [3.05, 3.63) is 54.1 Å². The summed E-state index contributed by atoms with van der Waals surface area (Å²) in [6, 6.07) is 13.7. The van der Waals surface area contributed by atoms with Gasteiger partial charge < -0.3 is 9.47 Å². The molecule has 0 bridgehead atoms. The lowest BCUT2D eigenvalue weighted by molar-refractivity contribution is 0.414. The van der Waals surface area contributed by atoms with E-state index in [9.17, 15) is 8.42 Å². The summed E-state index contributed by atoms with van der Waals surface area (Å²) in [6.07, 6.45) is 2.06. The van der Waals surface area contributed by atoms with Crippen LogP contribution in [0.15, 0.2) is 53.4 Å². The summed E-state index contributed by atoms with van der Waals surface area (Å²) in [6.45, 7) is 0. The molecule has 2 aromatic rings. The molecule has 128 valence electrons. The summed E-state index contributed by atoms with van der Waals surface area (Å²) in [5, 5.41) is 0. The molecule has 0 aliphatic heterocycles. The van der Waals surface area contributed by atoms with Crippen molar-refractivity contribution in [2.45, 2.75) is 23.8 Å². The molecule has 0 saturated heterocycles. The van der Waals surface area contributed by atoms with Crippen molar-refractivity contribution >= 4 is 10.0 Å². The van der Waals surface area contributed by atoms with Crippen LogP contribution < -0.4 is 14.2 Å². The summed E-state index contributed by atoms with van der Waals surface area (Å²) >= 11 is 0. The Labute approximate surface area is 142 Å². The van der Waals surface area contributed by atoms with Crippen LogP contribution in [-0.4, -0.2) is 22.6 Å². The second-order valence-corrected chi connectivity index (χ2v) is 7.60. The molecule has 3 rings (SSSR count). The van der Waals surface area contributed by atoms with Gasteiger partial charge in [-0.1, -0.05) is 12.1 Å². The van der Waals surface area contributed by atoms with Gasteiger partial charge in [-0.3, -0.25) is 0 Å². The third-order valence-electron chi connectivity index (χ3n) is 4.22. The lowest BCUT2D eigenvalue weighted by Gasteiger charge is -2.19. The fourth-order valence-corrected chi connectivity index (χ4v) is 3.96. The van der Waals surface area contributed by atoms with Crippen molar-refractivity contribution in [3.63, 3.8) is 0 Å².